The maximum absolute atomic E-state index is 12.8. The molecule has 6 rings (SSSR count). The molecule has 1 aromatic heterocycles. The molecule has 1 aliphatic rings. The first-order valence-corrected chi connectivity index (χ1v) is 14.3. The molecule has 0 unspecified atom stereocenters. The van der Waals surface area contributed by atoms with Gasteiger partial charge in [-0.1, -0.05) is 121 Å². The van der Waals surface area contributed by atoms with Crippen molar-refractivity contribution in [1.82, 2.24) is 14.9 Å². The third-order valence-electron chi connectivity index (χ3n) is 7.89. The van der Waals surface area contributed by atoms with Crippen LogP contribution in [0.5, 0.6) is 0 Å². The van der Waals surface area contributed by atoms with Crippen LogP contribution in [0.25, 0.3) is 0 Å². The Morgan fingerprint density at radius 2 is 1.28 bits per heavy atom. The highest BCUT2D eigenvalue weighted by molar-refractivity contribution is 5.47. The third kappa shape index (κ3) is 5.86. The van der Waals surface area contributed by atoms with E-state index in [0.29, 0.717) is 6.54 Å². The van der Waals surface area contributed by atoms with Crippen LogP contribution >= 0.6 is 0 Å². The first-order chi connectivity index (χ1) is 21.1. The van der Waals surface area contributed by atoms with E-state index < -0.39 is 41.3 Å². The molecule has 3 N–H and O–H groups in total. The van der Waals surface area contributed by atoms with Gasteiger partial charge in [0.2, 0.25) is 0 Å². The Morgan fingerprint density at radius 1 is 0.767 bits per heavy atom. The van der Waals surface area contributed by atoms with E-state index in [2.05, 4.69) is 10.3 Å². The van der Waals surface area contributed by atoms with E-state index in [1.807, 2.05) is 121 Å². The smallest absolute Gasteiger partial charge is 0.330 e. The Bertz CT molecular complexity index is 1630. The van der Waals surface area contributed by atoms with Gasteiger partial charge < -0.3 is 19.9 Å². The molecule has 0 amide bonds. The number of rotatable bonds is 10. The summed E-state index contributed by atoms with van der Waals surface area (Å²) in [4.78, 5) is 26.9. The molecular formula is C35H33N3O5. The molecule has 218 valence electrons. The van der Waals surface area contributed by atoms with Gasteiger partial charge in [-0.3, -0.25) is 14.3 Å². The monoisotopic (exact) mass is 575 g/mol. The fourth-order valence-electron chi connectivity index (χ4n) is 5.78. The highest BCUT2D eigenvalue weighted by atomic mass is 16.6. The summed E-state index contributed by atoms with van der Waals surface area (Å²) in [5.41, 5.74) is 1.65. The van der Waals surface area contributed by atoms with Crippen molar-refractivity contribution >= 4 is 0 Å². The molecule has 1 saturated heterocycles. The third-order valence-corrected chi connectivity index (χ3v) is 7.89. The summed E-state index contributed by atoms with van der Waals surface area (Å²) in [6.45, 7) is 0.452. The second-order valence-corrected chi connectivity index (χ2v) is 10.6. The van der Waals surface area contributed by atoms with Crippen molar-refractivity contribution in [2.45, 2.75) is 36.6 Å². The van der Waals surface area contributed by atoms with Crippen LogP contribution in [0.3, 0.4) is 0 Å². The lowest BCUT2D eigenvalue weighted by Gasteiger charge is -2.37. The summed E-state index contributed by atoms with van der Waals surface area (Å²) in [5, 5.41) is 15.0. The number of aliphatic hydroxyl groups excluding tert-OH is 1. The van der Waals surface area contributed by atoms with Crippen LogP contribution in [0.4, 0.5) is 0 Å². The number of H-pyrrole nitrogens is 1. The topological polar surface area (TPSA) is 106 Å². The zero-order valence-corrected chi connectivity index (χ0v) is 23.5. The first-order valence-electron chi connectivity index (χ1n) is 14.3. The number of nitrogens with zero attached hydrogens (tertiary/aromatic N) is 1. The standard InChI is InChI=1S/C35H33N3O5/c39-30-21-22-38(34(41)37-30)33-31(36-23-25-13-5-1-6-14-25)32(40)29(43-33)24-42-35(26-15-7-2-8-16-26,27-17-9-3-10-18-27)28-19-11-4-12-20-28/h1-22,29,31-33,36,40H,23-24H2,(H,37,39,41)/t29-,31-,32+,33-/m1/s1. The van der Waals surface area contributed by atoms with E-state index in [0.717, 1.165) is 22.3 Å². The Kier molecular flexibility index (Phi) is 8.44. The zero-order chi connectivity index (χ0) is 29.6. The maximum atomic E-state index is 12.8. The van der Waals surface area contributed by atoms with Crippen molar-refractivity contribution in [3.05, 3.63) is 177 Å². The fraction of sp³-hybridized carbons (Fsp3) is 0.200. The van der Waals surface area contributed by atoms with Gasteiger partial charge in [-0.05, 0) is 22.3 Å². The van der Waals surface area contributed by atoms with Crippen LogP contribution in [0.2, 0.25) is 0 Å². The summed E-state index contributed by atoms with van der Waals surface area (Å²) < 4.78 is 14.6. The van der Waals surface area contributed by atoms with Gasteiger partial charge in [-0.15, -0.1) is 0 Å². The Balaban J connectivity index is 1.36. The van der Waals surface area contributed by atoms with Crippen LogP contribution in [-0.2, 0) is 21.6 Å². The fourth-order valence-corrected chi connectivity index (χ4v) is 5.78. The first kappa shape index (κ1) is 28.5. The quantitative estimate of drug-likeness (QED) is 0.218. The minimum Gasteiger partial charge on any atom is -0.389 e. The summed E-state index contributed by atoms with van der Waals surface area (Å²) in [6.07, 6.45) is -1.34. The van der Waals surface area contributed by atoms with E-state index in [-0.39, 0.29) is 6.61 Å². The predicted molar refractivity (Wildman–Crippen MR) is 163 cm³/mol. The van der Waals surface area contributed by atoms with Gasteiger partial charge in [-0.2, -0.15) is 0 Å². The molecule has 5 aromatic rings. The van der Waals surface area contributed by atoms with Gasteiger partial charge in [0.1, 0.15) is 17.8 Å². The molecule has 0 aliphatic carbocycles. The van der Waals surface area contributed by atoms with Crippen molar-refractivity contribution in [3.8, 4) is 0 Å². The molecule has 0 saturated carbocycles. The number of aliphatic hydroxyl groups is 1. The molecule has 0 spiro atoms. The number of nitrogens with one attached hydrogen (secondary N) is 2. The van der Waals surface area contributed by atoms with Crippen LogP contribution in [0, 0.1) is 0 Å². The van der Waals surface area contributed by atoms with E-state index in [1.165, 1.54) is 16.8 Å². The molecule has 8 heteroatoms. The van der Waals surface area contributed by atoms with Crippen LogP contribution < -0.4 is 16.6 Å². The van der Waals surface area contributed by atoms with E-state index in [4.69, 9.17) is 9.47 Å². The molecule has 43 heavy (non-hydrogen) atoms. The highest BCUT2D eigenvalue weighted by Gasteiger charge is 2.47. The summed E-state index contributed by atoms with van der Waals surface area (Å²) in [6, 6.07) is 40.3. The summed E-state index contributed by atoms with van der Waals surface area (Å²) in [5.74, 6) is 0. The molecule has 2 heterocycles. The van der Waals surface area contributed by atoms with Crippen molar-refractivity contribution in [3.63, 3.8) is 0 Å². The number of aromatic amines is 1. The molecule has 1 aliphatic heterocycles. The van der Waals surface area contributed by atoms with Crippen LogP contribution in [0.15, 0.2) is 143 Å². The Morgan fingerprint density at radius 3 is 1.79 bits per heavy atom. The number of ether oxygens (including phenoxy) is 2. The van der Waals surface area contributed by atoms with Crippen LogP contribution in [-0.4, -0.2) is 39.5 Å². The molecular weight excluding hydrogens is 542 g/mol. The average molecular weight is 576 g/mol. The van der Waals surface area contributed by atoms with Gasteiger partial charge >= 0.3 is 5.69 Å². The van der Waals surface area contributed by atoms with E-state index in [9.17, 15) is 14.7 Å². The molecule has 0 bridgehead atoms. The predicted octanol–water partition coefficient (Wildman–Crippen LogP) is 3.96. The normalized spacial score (nSPS) is 20.2. The molecule has 8 nitrogen and oxygen atoms in total. The SMILES string of the molecule is O=c1ccn([C@@H]2O[C@H](COC(c3ccccc3)(c3ccccc3)c3ccccc3)[C@H](O)[C@H]2NCc2ccccc2)c(=O)[nH]1. The van der Waals surface area contributed by atoms with Crippen molar-refractivity contribution < 1.29 is 14.6 Å². The van der Waals surface area contributed by atoms with E-state index >= 15 is 0 Å². The lowest BCUT2D eigenvalue weighted by Crippen LogP contribution is -2.46. The van der Waals surface area contributed by atoms with Crippen LogP contribution in [0.1, 0.15) is 28.5 Å². The molecule has 0 radical (unpaired) electrons. The summed E-state index contributed by atoms with van der Waals surface area (Å²) >= 11 is 0. The van der Waals surface area contributed by atoms with Gasteiger partial charge in [0.25, 0.3) is 5.56 Å². The van der Waals surface area contributed by atoms with E-state index in [1.54, 1.807) is 0 Å². The Labute approximate surface area is 249 Å². The lowest BCUT2D eigenvalue weighted by molar-refractivity contribution is -0.0946. The number of benzene rings is 4. The Hall–Kier alpha value is -4.60. The number of aromatic nitrogens is 2. The number of hydrogen-bond donors (Lipinski definition) is 3. The molecule has 1 fully saturated rings. The van der Waals surface area contributed by atoms with Gasteiger partial charge in [0, 0.05) is 18.8 Å². The van der Waals surface area contributed by atoms with Gasteiger partial charge in [0.05, 0.1) is 12.6 Å². The second kappa shape index (κ2) is 12.7. The second-order valence-electron chi connectivity index (χ2n) is 10.6. The summed E-state index contributed by atoms with van der Waals surface area (Å²) in [7, 11) is 0. The maximum Gasteiger partial charge on any atom is 0.330 e. The average Bonchev–Trinajstić information content (AvgIpc) is 3.36. The van der Waals surface area contributed by atoms with Crippen molar-refractivity contribution in [2.75, 3.05) is 6.61 Å². The van der Waals surface area contributed by atoms with Crippen molar-refractivity contribution in [1.29, 1.82) is 0 Å². The molecule has 4 atom stereocenters. The number of hydrogen-bond acceptors (Lipinski definition) is 6. The van der Waals surface area contributed by atoms with Crippen molar-refractivity contribution in [2.24, 2.45) is 0 Å². The minimum absolute atomic E-state index is 0.0119. The largest absolute Gasteiger partial charge is 0.389 e. The zero-order valence-electron chi connectivity index (χ0n) is 23.5. The minimum atomic E-state index is -1.03. The molecule has 4 aromatic carbocycles. The van der Waals surface area contributed by atoms with Gasteiger partial charge in [0.15, 0.2) is 6.23 Å². The highest BCUT2D eigenvalue weighted by Crippen LogP contribution is 2.41. The van der Waals surface area contributed by atoms with Gasteiger partial charge in [-0.25, -0.2) is 4.79 Å². The lowest BCUT2D eigenvalue weighted by atomic mass is 9.80.